The average molecular weight is 244 g/mol. The number of hydrogen-bond acceptors (Lipinski definition) is 4. The van der Waals surface area contributed by atoms with Crippen LogP contribution in [0.3, 0.4) is 0 Å². The van der Waals surface area contributed by atoms with Crippen LogP contribution in [0.5, 0.6) is 0 Å². The van der Waals surface area contributed by atoms with Crippen molar-refractivity contribution in [2.75, 3.05) is 12.0 Å². The van der Waals surface area contributed by atoms with E-state index < -0.39 is 0 Å². The van der Waals surface area contributed by atoms with E-state index in [0.717, 1.165) is 4.90 Å². The Kier molecular flexibility index (Phi) is 3.44. The van der Waals surface area contributed by atoms with Gasteiger partial charge in [-0.05, 0) is 36.6 Å². The van der Waals surface area contributed by atoms with Crippen molar-refractivity contribution in [2.24, 2.45) is 0 Å². The number of benzene rings is 1. The first-order valence-electron chi connectivity index (χ1n) is 5.10. The SMILES string of the molecule is CSc1ccc(C(=O)c2ccncc2N)cc1. The Labute approximate surface area is 104 Å². The number of anilines is 1. The molecule has 1 heterocycles. The van der Waals surface area contributed by atoms with Crippen LogP contribution in [0, 0.1) is 0 Å². The number of nitrogens with two attached hydrogens (primary N) is 1. The second-order valence-corrected chi connectivity index (χ2v) is 4.40. The molecule has 4 heteroatoms. The van der Waals surface area contributed by atoms with E-state index in [1.165, 1.54) is 6.20 Å². The highest BCUT2D eigenvalue weighted by Crippen LogP contribution is 2.19. The summed E-state index contributed by atoms with van der Waals surface area (Å²) in [5, 5.41) is 0. The predicted molar refractivity (Wildman–Crippen MR) is 70.3 cm³/mol. The van der Waals surface area contributed by atoms with Crippen LogP contribution < -0.4 is 5.73 Å². The van der Waals surface area contributed by atoms with Gasteiger partial charge in [0.25, 0.3) is 0 Å². The summed E-state index contributed by atoms with van der Waals surface area (Å²) in [6, 6.07) is 9.12. The van der Waals surface area contributed by atoms with Gasteiger partial charge in [-0.25, -0.2) is 0 Å². The highest BCUT2D eigenvalue weighted by Gasteiger charge is 2.11. The predicted octanol–water partition coefficient (Wildman–Crippen LogP) is 2.62. The summed E-state index contributed by atoms with van der Waals surface area (Å²) in [6.07, 6.45) is 5.06. The molecule has 0 aliphatic carbocycles. The number of hydrogen-bond donors (Lipinski definition) is 1. The van der Waals surface area contributed by atoms with Crippen molar-refractivity contribution in [1.29, 1.82) is 0 Å². The van der Waals surface area contributed by atoms with Crippen molar-refractivity contribution < 1.29 is 4.79 Å². The molecule has 17 heavy (non-hydrogen) atoms. The minimum atomic E-state index is -0.0717. The molecule has 0 bridgehead atoms. The van der Waals surface area contributed by atoms with Crippen LogP contribution in [0.15, 0.2) is 47.6 Å². The lowest BCUT2D eigenvalue weighted by Crippen LogP contribution is -2.05. The van der Waals surface area contributed by atoms with E-state index in [9.17, 15) is 4.79 Å². The highest BCUT2D eigenvalue weighted by molar-refractivity contribution is 7.98. The number of thioether (sulfide) groups is 1. The molecular formula is C13H12N2OS. The van der Waals surface area contributed by atoms with Gasteiger partial charge in [0.05, 0.1) is 11.9 Å². The lowest BCUT2D eigenvalue weighted by Gasteiger charge is -2.04. The Hall–Kier alpha value is -1.81. The van der Waals surface area contributed by atoms with Crippen molar-refractivity contribution in [3.8, 4) is 0 Å². The lowest BCUT2D eigenvalue weighted by molar-refractivity contribution is 0.103. The molecule has 0 unspecified atom stereocenters. The number of nitrogens with zero attached hydrogens (tertiary/aromatic N) is 1. The second-order valence-electron chi connectivity index (χ2n) is 3.52. The summed E-state index contributed by atoms with van der Waals surface area (Å²) < 4.78 is 0. The standard InChI is InChI=1S/C13H12N2OS/c1-17-10-4-2-9(3-5-10)13(16)11-6-7-15-8-12(11)14/h2-8H,14H2,1H3. The highest BCUT2D eigenvalue weighted by atomic mass is 32.2. The van der Waals surface area contributed by atoms with Crippen molar-refractivity contribution in [1.82, 2.24) is 4.98 Å². The molecule has 1 aromatic carbocycles. The second kappa shape index (κ2) is 5.01. The molecule has 0 aliphatic rings. The van der Waals surface area contributed by atoms with Crippen LogP contribution >= 0.6 is 11.8 Å². The molecular weight excluding hydrogens is 232 g/mol. The number of rotatable bonds is 3. The van der Waals surface area contributed by atoms with Gasteiger partial charge in [-0.15, -0.1) is 11.8 Å². The lowest BCUT2D eigenvalue weighted by atomic mass is 10.0. The Morgan fingerprint density at radius 3 is 2.53 bits per heavy atom. The van der Waals surface area contributed by atoms with Crippen LogP contribution in [-0.4, -0.2) is 17.0 Å². The number of pyridine rings is 1. The normalized spacial score (nSPS) is 10.2. The van der Waals surface area contributed by atoms with Crippen molar-refractivity contribution in [3.63, 3.8) is 0 Å². The molecule has 0 atom stereocenters. The monoisotopic (exact) mass is 244 g/mol. The van der Waals surface area contributed by atoms with E-state index in [-0.39, 0.29) is 5.78 Å². The van der Waals surface area contributed by atoms with Gasteiger partial charge < -0.3 is 5.73 Å². The molecule has 0 saturated heterocycles. The van der Waals surface area contributed by atoms with E-state index in [2.05, 4.69) is 4.98 Å². The average Bonchev–Trinajstić information content (AvgIpc) is 2.39. The molecule has 0 saturated carbocycles. The zero-order valence-corrected chi connectivity index (χ0v) is 10.2. The van der Waals surface area contributed by atoms with Gasteiger partial charge in [-0.2, -0.15) is 0 Å². The van der Waals surface area contributed by atoms with Crippen LogP contribution in [0.4, 0.5) is 5.69 Å². The molecule has 0 aliphatic heterocycles. The van der Waals surface area contributed by atoms with E-state index in [0.29, 0.717) is 16.8 Å². The first-order valence-corrected chi connectivity index (χ1v) is 6.33. The topological polar surface area (TPSA) is 56.0 Å². The molecule has 2 N–H and O–H groups in total. The molecule has 2 aromatic rings. The van der Waals surface area contributed by atoms with Crippen molar-refractivity contribution in [3.05, 3.63) is 53.9 Å². The summed E-state index contributed by atoms with van der Waals surface area (Å²) in [7, 11) is 0. The van der Waals surface area contributed by atoms with Crippen LogP contribution in [0.25, 0.3) is 0 Å². The maximum atomic E-state index is 12.2. The van der Waals surface area contributed by atoms with Crippen LogP contribution in [0.2, 0.25) is 0 Å². The molecule has 0 fully saturated rings. The Morgan fingerprint density at radius 1 is 1.24 bits per heavy atom. The number of carbonyl (C=O) groups is 1. The van der Waals surface area contributed by atoms with Crippen molar-refractivity contribution in [2.45, 2.75) is 4.90 Å². The fourth-order valence-electron chi connectivity index (χ4n) is 1.51. The third-order valence-corrected chi connectivity index (χ3v) is 3.19. The quantitative estimate of drug-likeness (QED) is 0.666. The van der Waals surface area contributed by atoms with Crippen molar-refractivity contribution >= 4 is 23.2 Å². The summed E-state index contributed by atoms with van der Waals surface area (Å²) in [5.41, 5.74) is 7.27. The van der Waals surface area contributed by atoms with Gasteiger partial charge in [-0.3, -0.25) is 9.78 Å². The molecule has 0 amide bonds. The summed E-state index contributed by atoms with van der Waals surface area (Å²) in [5.74, 6) is -0.0717. The van der Waals surface area contributed by atoms with Gasteiger partial charge >= 0.3 is 0 Å². The van der Waals surface area contributed by atoms with E-state index >= 15 is 0 Å². The summed E-state index contributed by atoms with van der Waals surface area (Å²) in [4.78, 5) is 17.1. The Morgan fingerprint density at radius 2 is 1.94 bits per heavy atom. The first kappa shape index (κ1) is 11.7. The zero-order valence-electron chi connectivity index (χ0n) is 9.38. The zero-order chi connectivity index (χ0) is 12.3. The molecule has 2 rings (SSSR count). The number of carbonyl (C=O) groups excluding carboxylic acids is 1. The fraction of sp³-hybridized carbons (Fsp3) is 0.0769. The van der Waals surface area contributed by atoms with Gasteiger partial charge in [0, 0.05) is 22.2 Å². The van der Waals surface area contributed by atoms with Gasteiger partial charge in [0.2, 0.25) is 0 Å². The minimum Gasteiger partial charge on any atom is -0.397 e. The molecule has 86 valence electrons. The largest absolute Gasteiger partial charge is 0.397 e. The number of nitrogen functional groups attached to an aromatic ring is 1. The van der Waals surface area contributed by atoms with Crippen LogP contribution in [-0.2, 0) is 0 Å². The van der Waals surface area contributed by atoms with Crippen LogP contribution in [0.1, 0.15) is 15.9 Å². The maximum absolute atomic E-state index is 12.2. The third kappa shape index (κ3) is 2.47. The number of aromatic nitrogens is 1. The molecule has 0 spiro atoms. The summed E-state index contributed by atoms with van der Waals surface area (Å²) in [6.45, 7) is 0. The first-order chi connectivity index (χ1) is 8.22. The van der Waals surface area contributed by atoms with E-state index in [1.54, 1.807) is 24.0 Å². The summed E-state index contributed by atoms with van der Waals surface area (Å²) >= 11 is 1.64. The Balaban J connectivity index is 2.34. The molecule has 1 aromatic heterocycles. The van der Waals surface area contributed by atoms with Gasteiger partial charge in [0.1, 0.15) is 0 Å². The minimum absolute atomic E-state index is 0.0717. The number of ketones is 1. The maximum Gasteiger partial charge on any atom is 0.195 e. The third-order valence-electron chi connectivity index (χ3n) is 2.45. The van der Waals surface area contributed by atoms with Gasteiger partial charge in [0.15, 0.2) is 5.78 Å². The fourth-order valence-corrected chi connectivity index (χ4v) is 1.92. The smallest absolute Gasteiger partial charge is 0.195 e. The Bertz CT molecular complexity index is 537. The molecule has 3 nitrogen and oxygen atoms in total. The van der Waals surface area contributed by atoms with E-state index in [1.807, 2.05) is 30.5 Å². The van der Waals surface area contributed by atoms with Gasteiger partial charge in [-0.1, -0.05) is 0 Å². The van der Waals surface area contributed by atoms with E-state index in [4.69, 9.17) is 5.73 Å². The molecule has 0 radical (unpaired) electrons.